The van der Waals surface area contributed by atoms with Gasteiger partial charge in [-0.3, -0.25) is 9.59 Å². The number of hydrogen-bond acceptors (Lipinski definition) is 3. The van der Waals surface area contributed by atoms with Crippen LogP contribution >= 0.6 is 0 Å². The number of carbonyl (C=O) groups is 2. The summed E-state index contributed by atoms with van der Waals surface area (Å²) in [5.41, 5.74) is 1.05. The highest BCUT2D eigenvalue weighted by Gasteiger charge is 2.35. The van der Waals surface area contributed by atoms with Crippen molar-refractivity contribution in [3.63, 3.8) is 0 Å². The molecule has 5 heteroatoms. The van der Waals surface area contributed by atoms with E-state index in [2.05, 4.69) is 22.8 Å². The average molecular weight is 358 g/mol. The average Bonchev–Trinajstić information content (AvgIpc) is 2.96. The monoisotopic (exact) mass is 358 g/mol. The first-order valence-corrected chi connectivity index (χ1v) is 9.92. The maximum atomic E-state index is 12.4. The zero-order valence-corrected chi connectivity index (χ0v) is 15.5. The van der Waals surface area contributed by atoms with Gasteiger partial charge in [0.05, 0.1) is 0 Å². The third kappa shape index (κ3) is 4.85. The minimum absolute atomic E-state index is 0.141. The minimum atomic E-state index is -0.518. The van der Waals surface area contributed by atoms with Gasteiger partial charge in [0.25, 0.3) is 0 Å². The van der Waals surface area contributed by atoms with Crippen molar-refractivity contribution in [3.8, 4) is 0 Å². The molecule has 1 aliphatic carbocycles. The third-order valence-corrected chi connectivity index (χ3v) is 5.82. The Bertz CT molecular complexity index is 589. The molecule has 1 saturated heterocycles. The Labute approximate surface area is 155 Å². The van der Waals surface area contributed by atoms with E-state index in [4.69, 9.17) is 4.74 Å². The molecule has 1 saturated carbocycles. The second-order valence-corrected chi connectivity index (χ2v) is 7.60. The molecular formula is C21H30N2O3. The number of ether oxygens (including phenoxy) is 1. The van der Waals surface area contributed by atoms with Gasteiger partial charge >= 0.3 is 11.8 Å². The van der Waals surface area contributed by atoms with Crippen LogP contribution in [0.5, 0.6) is 0 Å². The molecule has 0 unspecified atom stereocenters. The highest BCUT2D eigenvalue weighted by Crippen LogP contribution is 2.34. The fourth-order valence-corrected chi connectivity index (χ4v) is 4.13. The summed E-state index contributed by atoms with van der Waals surface area (Å²) in [4.78, 5) is 24.7. The summed E-state index contributed by atoms with van der Waals surface area (Å²) in [5, 5.41) is 5.81. The van der Waals surface area contributed by atoms with E-state index in [1.165, 1.54) is 18.4 Å². The molecule has 1 aromatic rings. The van der Waals surface area contributed by atoms with Gasteiger partial charge in [0.15, 0.2) is 0 Å². The van der Waals surface area contributed by atoms with Crippen LogP contribution in [-0.2, 0) is 19.7 Å². The maximum Gasteiger partial charge on any atom is 0.309 e. The van der Waals surface area contributed by atoms with Crippen LogP contribution < -0.4 is 10.6 Å². The molecule has 142 valence electrons. The molecule has 5 nitrogen and oxygen atoms in total. The lowest BCUT2D eigenvalue weighted by Gasteiger charge is -2.37. The topological polar surface area (TPSA) is 67.4 Å². The number of rotatable bonds is 4. The Kier molecular flexibility index (Phi) is 6.67. The van der Waals surface area contributed by atoms with Gasteiger partial charge in [0, 0.05) is 31.2 Å². The highest BCUT2D eigenvalue weighted by atomic mass is 16.5. The fourth-order valence-electron chi connectivity index (χ4n) is 4.13. The molecule has 1 aliphatic heterocycles. The van der Waals surface area contributed by atoms with E-state index < -0.39 is 11.8 Å². The van der Waals surface area contributed by atoms with Crippen LogP contribution in [0.15, 0.2) is 30.3 Å². The zero-order chi connectivity index (χ0) is 18.2. The lowest BCUT2D eigenvalue weighted by molar-refractivity contribution is -0.140. The summed E-state index contributed by atoms with van der Waals surface area (Å²) >= 11 is 0. The summed E-state index contributed by atoms with van der Waals surface area (Å²) in [5.74, 6) is -1.01. The molecule has 0 atom stereocenters. The molecule has 26 heavy (non-hydrogen) atoms. The summed E-state index contributed by atoms with van der Waals surface area (Å²) in [6, 6.07) is 10.4. The molecule has 1 aromatic carbocycles. The predicted molar refractivity (Wildman–Crippen MR) is 101 cm³/mol. The molecule has 1 heterocycles. The quantitative estimate of drug-likeness (QED) is 0.642. The molecule has 0 spiro atoms. The second kappa shape index (κ2) is 9.17. The van der Waals surface area contributed by atoms with Crippen molar-refractivity contribution in [3.05, 3.63) is 35.9 Å². The van der Waals surface area contributed by atoms with E-state index >= 15 is 0 Å². The molecule has 0 bridgehead atoms. The summed E-state index contributed by atoms with van der Waals surface area (Å²) < 4.78 is 5.52. The molecule has 2 N–H and O–H groups in total. The maximum absolute atomic E-state index is 12.4. The Hall–Kier alpha value is -1.88. The van der Waals surface area contributed by atoms with Gasteiger partial charge < -0.3 is 15.4 Å². The van der Waals surface area contributed by atoms with Crippen LogP contribution in [0.25, 0.3) is 0 Å². The standard InChI is InChI=1S/C21H30N2O3/c24-19(20(25)23-18-10-6-1-2-7-11-18)22-16-21(12-14-26-15-13-21)17-8-4-3-5-9-17/h3-5,8-9,18H,1-2,6-7,10-16H2,(H,22,24)(H,23,25). The Morgan fingerprint density at radius 3 is 2.27 bits per heavy atom. The van der Waals surface area contributed by atoms with E-state index in [1.54, 1.807) is 0 Å². The van der Waals surface area contributed by atoms with Crippen molar-refractivity contribution >= 4 is 11.8 Å². The van der Waals surface area contributed by atoms with Crippen molar-refractivity contribution in [2.75, 3.05) is 19.8 Å². The van der Waals surface area contributed by atoms with Gasteiger partial charge in [0.1, 0.15) is 0 Å². The van der Waals surface area contributed by atoms with Crippen LogP contribution in [0.2, 0.25) is 0 Å². The first-order chi connectivity index (χ1) is 12.7. The lowest BCUT2D eigenvalue weighted by Crippen LogP contribution is -2.50. The van der Waals surface area contributed by atoms with Gasteiger partial charge in [0.2, 0.25) is 0 Å². The third-order valence-electron chi connectivity index (χ3n) is 5.82. The largest absolute Gasteiger partial charge is 0.381 e. The highest BCUT2D eigenvalue weighted by molar-refractivity contribution is 6.35. The number of carbonyl (C=O) groups excluding carboxylic acids is 2. The van der Waals surface area contributed by atoms with Crippen LogP contribution in [0, 0.1) is 0 Å². The summed E-state index contributed by atoms with van der Waals surface area (Å²) in [6.45, 7) is 1.83. The van der Waals surface area contributed by atoms with Gasteiger partial charge in [-0.1, -0.05) is 56.0 Å². The number of amides is 2. The van der Waals surface area contributed by atoms with Crippen molar-refractivity contribution < 1.29 is 14.3 Å². The molecule has 2 fully saturated rings. The van der Waals surface area contributed by atoms with Crippen molar-refractivity contribution in [2.45, 2.75) is 62.8 Å². The fraction of sp³-hybridized carbons (Fsp3) is 0.619. The van der Waals surface area contributed by atoms with Crippen molar-refractivity contribution in [1.29, 1.82) is 0 Å². The lowest BCUT2D eigenvalue weighted by atomic mass is 9.74. The molecular weight excluding hydrogens is 328 g/mol. The van der Waals surface area contributed by atoms with E-state index in [9.17, 15) is 9.59 Å². The zero-order valence-electron chi connectivity index (χ0n) is 15.5. The SMILES string of the molecule is O=C(NCC1(c2ccccc2)CCOCC1)C(=O)NC1CCCCCC1. The van der Waals surface area contributed by atoms with Crippen LogP contribution in [0.3, 0.4) is 0 Å². The van der Waals surface area contributed by atoms with Gasteiger partial charge in [-0.15, -0.1) is 0 Å². The number of hydrogen-bond donors (Lipinski definition) is 2. The first kappa shape index (κ1) is 18.9. The van der Waals surface area contributed by atoms with Gasteiger partial charge in [-0.05, 0) is 31.2 Å². The van der Waals surface area contributed by atoms with E-state index in [0.29, 0.717) is 19.8 Å². The van der Waals surface area contributed by atoms with Gasteiger partial charge in [-0.2, -0.15) is 0 Å². The van der Waals surface area contributed by atoms with E-state index in [1.807, 2.05) is 18.2 Å². The van der Waals surface area contributed by atoms with Crippen molar-refractivity contribution in [1.82, 2.24) is 10.6 Å². The van der Waals surface area contributed by atoms with Gasteiger partial charge in [-0.25, -0.2) is 0 Å². The van der Waals surface area contributed by atoms with Crippen LogP contribution in [-0.4, -0.2) is 37.6 Å². The number of nitrogens with one attached hydrogen (secondary N) is 2. The molecule has 2 aliphatic rings. The normalized spacial score (nSPS) is 20.8. The van der Waals surface area contributed by atoms with Crippen molar-refractivity contribution in [2.24, 2.45) is 0 Å². The van der Waals surface area contributed by atoms with E-state index in [-0.39, 0.29) is 11.5 Å². The molecule has 0 radical (unpaired) electrons. The van der Waals surface area contributed by atoms with E-state index in [0.717, 1.165) is 38.5 Å². The molecule has 3 rings (SSSR count). The Morgan fingerprint density at radius 1 is 0.962 bits per heavy atom. The smallest absolute Gasteiger partial charge is 0.309 e. The van der Waals surface area contributed by atoms with Crippen LogP contribution in [0.1, 0.15) is 56.9 Å². The predicted octanol–water partition coefficient (Wildman–Crippen LogP) is 2.69. The molecule has 0 aromatic heterocycles. The Morgan fingerprint density at radius 2 is 1.62 bits per heavy atom. The first-order valence-electron chi connectivity index (χ1n) is 9.92. The molecule has 2 amide bonds. The Balaban J connectivity index is 1.58. The minimum Gasteiger partial charge on any atom is -0.381 e. The number of benzene rings is 1. The van der Waals surface area contributed by atoms with Crippen LogP contribution in [0.4, 0.5) is 0 Å². The summed E-state index contributed by atoms with van der Waals surface area (Å²) in [7, 11) is 0. The second-order valence-electron chi connectivity index (χ2n) is 7.60. The summed E-state index contributed by atoms with van der Waals surface area (Å²) in [6.07, 6.45) is 8.35.